The molecule has 0 aliphatic rings. The molecule has 0 aliphatic heterocycles. The molecule has 0 radical (unpaired) electrons. The number of carbonyl (C=O) groups is 1. The summed E-state index contributed by atoms with van der Waals surface area (Å²) in [6.07, 6.45) is 0. The zero-order chi connectivity index (χ0) is 15.3. The highest BCUT2D eigenvalue weighted by molar-refractivity contribution is 7.89. The van der Waals surface area contributed by atoms with Crippen molar-refractivity contribution < 1.29 is 22.7 Å². The van der Waals surface area contributed by atoms with Crippen LogP contribution >= 0.6 is 0 Å². The molecule has 112 valence electrons. The maximum Gasteiger partial charge on any atom is 0.337 e. The Balaban J connectivity index is 2.79. The number of carboxylic acid groups (broad SMARTS) is 1. The van der Waals surface area contributed by atoms with Crippen LogP contribution in [0.5, 0.6) is 0 Å². The summed E-state index contributed by atoms with van der Waals surface area (Å²) in [6.45, 7) is 1.85. The second-order valence-corrected chi connectivity index (χ2v) is 5.89. The normalized spacial score (nSPS) is 11.3. The first-order valence-corrected chi connectivity index (χ1v) is 7.45. The molecule has 0 saturated heterocycles. The number of carboxylic acids is 1. The predicted octanol–water partition coefficient (Wildman–Crippen LogP) is 0.457. The van der Waals surface area contributed by atoms with E-state index in [0.717, 1.165) is 12.1 Å². The monoisotopic (exact) mass is 305 g/mol. The van der Waals surface area contributed by atoms with Crippen molar-refractivity contribution in [3.05, 3.63) is 23.5 Å². The fraction of sp³-hybridized carbons (Fsp3) is 0.364. The minimum Gasteiger partial charge on any atom is -0.478 e. The number of nitrogens with two attached hydrogens (primary N) is 1. The van der Waals surface area contributed by atoms with Crippen molar-refractivity contribution in [2.75, 3.05) is 29.9 Å². The number of rotatable bonds is 7. The molecule has 0 unspecified atom stereocenters. The lowest BCUT2D eigenvalue weighted by molar-refractivity contribution is 0.0698. The van der Waals surface area contributed by atoms with Crippen molar-refractivity contribution in [1.29, 1.82) is 0 Å². The van der Waals surface area contributed by atoms with Gasteiger partial charge in [-0.2, -0.15) is 0 Å². The molecule has 0 aromatic heterocycles. The molecule has 1 aromatic rings. The van der Waals surface area contributed by atoms with E-state index in [2.05, 4.69) is 10.0 Å². The number of hydrogen-bond acceptors (Lipinski definition) is 5. The van der Waals surface area contributed by atoms with Gasteiger partial charge in [0.15, 0.2) is 0 Å². The van der Waals surface area contributed by atoms with Gasteiger partial charge in [-0.05, 0) is 12.1 Å². The second-order valence-electron chi connectivity index (χ2n) is 3.97. The molecule has 0 spiro atoms. The fourth-order valence-corrected chi connectivity index (χ4v) is 2.48. The van der Waals surface area contributed by atoms with Crippen LogP contribution in [0.15, 0.2) is 12.1 Å². The van der Waals surface area contributed by atoms with Gasteiger partial charge in [0, 0.05) is 18.8 Å². The third-order valence-corrected chi connectivity index (χ3v) is 3.89. The molecule has 0 saturated carbocycles. The molecule has 0 fully saturated rings. The molecule has 20 heavy (non-hydrogen) atoms. The van der Waals surface area contributed by atoms with Crippen molar-refractivity contribution in [1.82, 2.24) is 4.72 Å². The van der Waals surface area contributed by atoms with Crippen LogP contribution in [0.1, 0.15) is 17.3 Å². The van der Waals surface area contributed by atoms with E-state index in [-0.39, 0.29) is 35.8 Å². The largest absolute Gasteiger partial charge is 0.478 e. The summed E-state index contributed by atoms with van der Waals surface area (Å²) in [4.78, 5) is 10.9. The summed E-state index contributed by atoms with van der Waals surface area (Å²) < 4.78 is 38.6. The van der Waals surface area contributed by atoms with E-state index >= 15 is 0 Å². The van der Waals surface area contributed by atoms with Gasteiger partial charge in [-0.3, -0.25) is 0 Å². The number of halogens is 1. The predicted molar refractivity (Wildman–Crippen MR) is 73.7 cm³/mol. The molecule has 0 bridgehead atoms. The fourth-order valence-electron chi connectivity index (χ4n) is 1.52. The highest BCUT2D eigenvalue weighted by Gasteiger charge is 2.14. The number of nitrogens with one attached hydrogen (secondary N) is 2. The summed E-state index contributed by atoms with van der Waals surface area (Å²) in [5, 5.41) is 11.4. The Morgan fingerprint density at radius 1 is 1.45 bits per heavy atom. The summed E-state index contributed by atoms with van der Waals surface area (Å²) in [5.41, 5.74) is 4.83. The Morgan fingerprint density at radius 2 is 2.10 bits per heavy atom. The Hall–Kier alpha value is -1.87. The van der Waals surface area contributed by atoms with Crippen LogP contribution < -0.4 is 15.8 Å². The van der Waals surface area contributed by atoms with Crippen LogP contribution in [0, 0.1) is 5.82 Å². The molecule has 7 nitrogen and oxygen atoms in total. The Bertz CT molecular complexity index is 604. The molecule has 9 heteroatoms. The van der Waals surface area contributed by atoms with E-state index in [4.69, 9.17) is 10.8 Å². The van der Waals surface area contributed by atoms with Gasteiger partial charge >= 0.3 is 5.97 Å². The summed E-state index contributed by atoms with van der Waals surface area (Å²) >= 11 is 0. The molecule has 0 atom stereocenters. The number of hydrogen-bond donors (Lipinski definition) is 4. The summed E-state index contributed by atoms with van der Waals surface area (Å²) in [5.74, 6) is -2.29. The van der Waals surface area contributed by atoms with Crippen molar-refractivity contribution >= 4 is 27.4 Å². The zero-order valence-electron chi connectivity index (χ0n) is 10.8. The first-order chi connectivity index (χ1) is 9.26. The molecular formula is C11H16FN3O4S. The van der Waals surface area contributed by atoms with Gasteiger partial charge < -0.3 is 16.2 Å². The molecule has 1 aromatic carbocycles. The summed E-state index contributed by atoms with van der Waals surface area (Å²) in [6, 6.07) is 1.91. The van der Waals surface area contributed by atoms with Crippen LogP contribution in [0.25, 0.3) is 0 Å². The van der Waals surface area contributed by atoms with Crippen LogP contribution in [-0.2, 0) is 10.0 Å². The van der Waals surface area contributed by atoms with E-state index < -0.39 is 21.8 Å². The minimum atomic E-state index is -3.43. The van der Waals surface area contributed by atoms with Crippen molar-refractivity contribution in [3.8, 4) is 0 Å². The zero-order valence-corrected chi connectivity index (χ0v) is 11.6. The van der Waals surface area contributed by atoms with Crippen molar-refractivity contribution in [3.63, 3.8) is 0 Å². The topological polar surface area (TPSA) is 122 Å². The van der Waals surface area contributed by atoms with E-state index in [0.29, 0.717) is 0 Å². The highest BCUT2D eigenvalue weighted by Crippen LogP contribution is 2.22. The first-order valence-electron chi connectivity index (χ1n) is 5.80. The van der Waals surface area contributed by atoms with Crippen molar-refractivity contribution in [2.24, 2.45) is 0 Å². The van der Waals surface area contributed by atoms with Gasteiger partial charge in [-0.25, -0.2) is 22.3 Å². The van der Waals surface area contributed by atoms with E-state index in [9.17, 15) is 17.6 Å². The van der Waals surface area contributed by atoms with Crippen LogP contribution in [0.4, 0.5) is 15.8 Å². The van der Waals surface area contributed by atoms with Gasteiger partial charge in [0.25, 0.3) is 0 Å². The second kappa shape index (κ2) is 6.53. The number of aromatic carboxylic acids is 1. The molecular weight excluding hydrogens is 289 g/mol. The molecule has 0 aliphatic carbocycles. The van der Waals surface area contributed by atoms with Crippen LogP contribution in [0.3, 0.4) is 0 Å². The van der Waals surface area contributed by atoms with Crippen molar-refractivity contribution in [2.45, 2.75) is 6.92 Å². The Morgan fingerprint density at radius 3 is 2.65 bits per heavy atom. The van der Waals surface area contributed by atoms with E-state index in [1.165, 1.54) is 0 Å². The number of nitrogen functional groups attached to an aromatic ring is 1. The third kappa shape index (κ3) is 4.35. The van der Waals surface area contributed by atoms with Crippen LogP contribution in [-0.4, -0.2) is 38.3 Å². The average Bonchev–Trinajstić information content (AvgIpc) is 2.31. The smallest absolute Gasteiger partial charge is 0.337 e. The maximum absolute atomic E-state index is 13.6. The lowest BCUT2D eigenvalue weighted by atomic mass is 10.1. The maximum atomic E-state index is 13.6. The molecule has 5 N–H and O–H groups in total. The average molecular weight is 305 g/mol. The minimum absolute atomic E-state index is 0.0603. The summed E-state index contributed by atoms with van der Waals surface area (Å²) in [7, 11) is -3.43. The third-order valence-electron chi connectivity index (χ3n) is 2.42. The van der Waals surface area contributed by atoms with Gasteiger partial charge in [0.05, 0.1) is 17.0 Å². The highest BCUT2D eigenvalue weighted by atomic mass is 32.2. The Labute approximate surface area is 116 Å². The van der Waals surface area contributed by atoms with Crippen LogP contribution in [0.2, 0.25) is 0 Å². The standard InChI is InChI=1S/C11H16FN3O4S/c1-2-15-20(18,19)4-3-14-10-5-7(11(16)17)9(13)6-8(10)12/h5-6,14-15H,2-4,13H2,1H3,(H,16,17). The molecule has 0 heterocycles. The number of anilines is 2. The van der Waals surface area contributed by atoms with E-state index in [1.807, 2.05) is 0 Å². The molecule has 1 rings (SSSR count). The quantitative estimate of drug-likeness (QED) is 0.543. The number of sulfonamides is 1. The Kier molecular flexibility index (Phi) is 5.28. The van der Waals surface area contributed by atoms with E-state index in [1.54, 1.807) is 6.92 Å². The first kappa shape index (κ1) is 16.2. The SMILES string of the molecule is CCNS(=O)(=O)CCNc1cc(C(=O)O)c(N)cc1F. The van der Waals surface area contributed by atoms with Gasteiger partial charge in [-0.15, -0.1) is 0 Å². The number of benzene rings is 1. The van der Waals surface area contributed by atoms with Gasteiger partial charge in [0.1, 0.15) is 5.82 Å². The van der Waals surface area contributed by atoms with Gasteiger partial charge in [-0.1, -0.05) is 6.92 Å². The lowest BCUT2D eigenvalue weighted by Crippen LogP contribution is -2.29. The lowest BCUT2D eigenvalue weighted by Gasteiger charge is -2.10. The van der Waals surface area contributed by atoms with Gasteiger partial charge in [0.2, 0.25) is 10.0 Å². The molecule has 0 amide bonds.